The van der Waals surface area contributed by atoms with Crippen LogP contribution in [0.3, 0.4) is 0 Å². The standard InChI is InChI=1S/C11H13ClN2O2/c12-8-3-1-2-4-9(8)14-10(15)5-11(13)6-16-7-11/h1-4H,5-7,13H2,(H,14,15). The zero-order valence-electron chi connectivity index (χ0n) is 8.70. The SMILES string of the molecule is NC1(CC(=O)Nc2ccccc2Cl)COC1. The molecule has 0 radical (unpaired) electrons. The van der Waals surface area contributed by atoms with Gasteiger partial charge in [-0.2, -0.15) is 0 Å². The molecule has 1 amide bonds. The number of ether oxygens (including phenoxy) is 1. The average molecular weight is 241 g/mol. The Labute approximate surface area is 98.7 Å². The summed E-state index contributed by atoms with van der Waals surface area (Å²) in [4.78, 5) is 11.7. The molecule has 1 fully saturated rings. The second kappa shape index (κ2) is 4.41. The summed E-state index contributed by atoms with van der Waals surface area (Å²) in [7, 11) is 0. The first-order valence-corrected chi connectivity index (χ1v) is 5.38. The van der Waals surface area contributed by atoms with Crippen molar-refractivity contribution in [1.29, 1.82) is 0 Å². The first-order chi connectivity index (χ1) is 7.59. The molecule has 3 N–H and O–H groups in total. The summed E-state index contributed by atoms with van der Waals surface area (Å²) >= 11 is 5.92. The minimum atomic E-state index is -0.509. The number of rotatable bonds is 3. The van der Waals surface area contributed by atoms with Crippen molar-refractivity contribution in [1.82, 2.24) is 0 Å². The lowest BCUT2D eigenvalue weighted by Gasteiger charge is -2.37. The van der Waals surface area contributed by atoms with Gasteiger partial charge in [-0.3, -0.25) is 4.79 Å². The highest BCUT2D eigenvalue weighted by atomic mass is 35.5. The highest BCUT2D eigenvalue weighted by molar-refractivity contribution is 6.33. The predicted octanol–water partition coefficient (Wildman–Crippen LogP) is 1.40. The number of nitrogens with one attached hydrogen (secondary N) is 1. The lowest BCUT2D eigenvalue weighted by atomic mass is 9.94. The van der Waals surface area contributed by atoms with Gasteiger partial charge in [0.25, 0.3) is 0 Å². The molecule has 1 heterocycles. The number of carbonyl (C=O) groups is 1. The molecule has 0 saturated carbocycles. The van der Waals surface area contributed by atoms with Crippen LogP contribution >= 0.6 is 11.6 Å². The van der Waals surface area contributed by atoms with Crippen LogP contribution in [0.2, 0.25) is 5.02 Å². The van der Waals surface area contributed by atoms with Crippen molar-refractivity contribution < 1.29 is 9.53 Å². The van der Waals surface area contributed by atoms with Crippen molar-refractivity contribution >= 4 is 23.2 Å². The number of nitrogens with two attached hydrogens (primary N) is 1. The van der Waals surface area contributed by atoms with Gasteiger partial charge in [-0.1, -0.05) is 23.7 Å². The van der Waals surface area contributed by atoms with Gasteiger partial charge in [0.2, 0.25) is 5.91 Å². The first kappa shape index (κ1) is 11.4. The van der Waals surface area contributed by atoms with E-state index in [4.69, 9.17) is 22.1 Å². The molecule has 1 aliphatic rings. The van der Waals surface area contributed by atoms with E-state index in [1.165, 1.54) is 0 Å². The fourth-order valence-electron chi connectivity index (χ4n) is 1.54. The van der Waals surface area contributed by atoms with Crippen LogP contribution in [0.5, 0.6) is 0 Å². The number of benzene rings is 1. The Morgan fingerprint density at radius 2 is 2.19 bits per heavy atom. The normalized spacial score (nSPS) is 17.6. The van der Waals surface area contributed by atoms with Crippen LogP contribution in [-0.2, 0) is 9.53 Å². The van der Waals surface area contributed by atoms with E-state index in [9.17, 15) is 4.79 Å². The Morgan fingerprint density at radius 1 is 1.50 bits per heavy atom. The molecule has 1 aromatic rings. The van der Waals surface area contributed by atoms with Gasteiger partial charge in [0.05, 0.1) is 29.5 Å². The fourth-order valence-corrected chi connectivity index (χ4v) is 1.73. The summed E-state index contributed by atoms with van der Waals surface area (Å²) in [6.07, 6.45) is 0.248. The topological polar surface area (TPSA) is 64.4 Å². The van der Waals surface area contributed by atoms with Crippen molar-refractivity contribution in [3.8, 4) is 0 Å². The third-order valence-electron chi connectivity index (χ3n) is 2.44. The highest BCUT2D eigenvalue weighted by Crippen LogP contribution is 2.22. The molecular formula is C11H13ClN2O2. The Morgan fingerprint density at radius 3 is 2.75 bits per heavy atom. The molecule has 0 aromatic heterocycles. The molecule has 16 heavy (non-hydrogen) atoms. The predicted molar refractivity (Wildman–Crippen MR) is 62.4 cm³/mol. The van der Waals surface area contributed by atoms with E-state index in [0.29, 0.717) is 23.9 Å². The summed E-state index contributed by atoms with van der Waals surface area (Å²) < 4.78 is 4.98. The minimum Gasteiger partial charge on any atom is -0.377 e. The average Bonchev–Trinajstić information content (AvgIpc) is 2.19. The van der Waals surface area contributed by atoms with Gasteiger partial charge in [0, 0.05) is 6.42 Å². The van der Waals surface area contributed by atoms with E-state index in [2.05, 4.69) is 5.32 Å². The molecular weight excluding hydrogens is 228 g/mol. The number of anilines is 1. The first-order valence-electron chi connectivity index (χ1n) is 5.00. The molecule has 2 rings (SSSR count). The Hall–Kier alpha value is -1.10. The second-order valence-electron chi connectivity index (χ2n) is 4.06. The van der Waals surface area contributed by atoms with Gasteiger partial charge in [0.15, 0.2) is 0 Å². The van der Waals surface area contributed by atoms with Gasteiger partial charge >= 0.3 is 0 Å². The number of amides is 1. The molecule has 1 saturated heterocycles. The lowest BCUT2D eigenvalue weighted by Crippen LogP contribution is -2.58. The molecule has 1 aliphatic heterocycles. The molecule has 5 heteroatoms. The number of hydrogen-bond acceptors (Lipinski definition) is 3. The third-order valence-corrected chi connectivity index (χ3v) is 2.77. The molecule has 0 aliphatic carbocycles. The van der Waals surface area contributed by atoms with Crippen molar-refractivity contribution in [2.75, 3.05) is 18.5 Å². The van der Waals surface area contributed by atoms with Crippen LogP contribution in [0.4, 0.5) is 5.69 Å². The fraction of sp³-hybridized carbons (Fsp3) is 0.364. The van der Waals surface area contributed by atoms with Crippen molar-refractivity contribution in [2.24, 2.45) is 5.73 Å². The summed E-state index contributed by atoms with van der Waals surface area (Å²) in [6, 6.07) is 7.09. The van der Waals surface area contributed by atoms with Crippen molar-refractivity contribution in [2.45, 2.75) is 12.0 Å². The monoisotopic (exact) mass is 240 g/mol. The van der Waals surface area contributed by atoms with E-state index in [0.717, 1.165) is 0 Å². The van der Waals surface area contributed by atoms with E-state index in [1.54, 1.807) is 12.1 Å². The molecule has 1 aromatic carbocycles. The molecule has 0 unspecified atom stereocenters. The maximum absolute atomic E-state index is 11.7. The Kier molecular flexibility index (Phi) is 3.14. The van der Waals surface area contributed by atoms with Crippen LogP contribution in [0, 0.1) is 0 Å². The number of hydrogen-bond donors (Lipinski definition) is 2. The smallest absolute Gasteiger partial charge is 0.226 e. The van der Waals surface area contributed by atoms with E-state index in [-0.39, 0.29) is 12.3 Å². The van der Waals surface area contributed by atoms with Crippen LogP contribution in [-0.4, -0.2) is 24.7 Å². The zero-order valence-corrected chi connectivity index (χ0v) is 9.46. The summed E-state index contributed by atoms with van der Waals surface area (Å²) in [5.41, 5.74) is 5.98. The van der Waals surface area contributed by atoms with E-state index >= 15 is 0 Å². The van der Waals surface area contributed by atoms with Gasteiger partial charge in [0.1, 0.15) is 0 Å². The summed E-state index contributed by atoms with van der Waals surface area (Å²) in [6.45, 7) is 0.867. The van der Waals surface area contributed by atoms with Crippen LogP contribution in [0.15, 0.2) is 24.3 Å². The van der Waals surface area contributed by atoms with E-state index in [1.807, 2.05) is 12.1 Å². The largest absolute Gasteiger partial charge is 0.377 e. The van der Waals surface area contributed by atoms with Crippen molar-refractivity contribution in [3.63, 3.8) is 0 Å². The quantitative estimate of drug-likeness (QED) is 0.839. The molecule has 4 nitrogen and oxygen atoms in total. The Balaban J connectivity index is 1.95. The van der Waals surface area contributed by atoms with Crippen LogP contribution in [0.1, 0.15) is 6.42 Å². The molecule has 0 bridgehead atoms. The zero-order chi connectivity index (χ0) is 11.6. The van der Waals surface area contributed by atoms with Gasteiger partial charge in [-0.05, 0) is 12.1 Å². The van der Waals surface area contributed by atoms with Crippen LogP contribution < -0.4 is 11.1 Å². The van der Waals surface area contributed by atoms with Crippen LogP contribution in [0.25, 0.3) is 0 Å². The number of para-hydroxylation sites is 1. The summed E-state index contributed by atoms with van der Waals surface area (Å²) in [5.74, 6) is -0.140. The number of carbonyl (C=O) groups excluding carboxylic acids is 1. The second-order valence-corrected chi connectivity index (χ2v) is 4.47. The maximum atomic E-state index is 11.7. The minimum absolute atomic E-state index is 0.140. The van der Waals surface area contributed by atoms with Gasteiger partial charge in [-0.15, -0.1) is 0 Å². The maximum Gasteiger partial charge on any atom is 0.226 e. The number of halogens is 1. The van der Waals surface area contributed by atoms with Gasteiger partial charge in [-0.25, -0.2) is 0 Å². The molecule has 0 atom stereocenters. The highest BCUT2D eigenvalue weighted by Gasteiger charge is 2.36. The molecule has 0 spiro atoms. The Bertz CT molecular complexity index is 405. The summed E-state index contributed by atoms with van der Waals surface area (Å²) in [5, 5.41) is 3.25. The lowest BCUT2D eigenvalue weighted by molar-refractivity contribution is -0.123. The van der Waals surface area contributed by atoms with E-state index < -0.39 is 5.54 Å². The molecule has 86 valence electrons. The van der Waals surface area contributed by atoms with Gasteiger partial charge < -0.3 is 15.8 Å². The third kappa shape index (κ3) is 2.52. The van der Waals surface area contributed by atoms with Crippen molar-refractivity contribution in [3.05, 3.63) is 29.3 Å².